The van der Waals surface area contributed by atoms with Gasteiger partial charge in [0.1, 0.15) is 18.1 Å². The molecular formula is C16H22N2O2S. The lowest BCUT2D eigenvalue weighted by molar-refractivity contribution is 0.298. The summed E-state index contributed by atoms with van der Waals surface area (Å²) in [6.45, 7) is 5.35. The molecule has 0 amide bonds. The minimum Gasteiger partial charge on any atom is -0.497 e. The van der Waals surface area contributed by atoms with Crippen LogP contribution in [0.1, 0.15) is 36.0 Å². The number of nitrogens with zero attached hydrogens (tertiary/aromatic N) is 1. The zero-order valence-electron chi connectivity index (χ0n) is 12.8. The second-order valence-electron chi connectivity index (χ2n) is 5.13. The summed E-state index contributed by atoms with van der Waals surface area (Å²) in [5.74, 6) is 2.12. The van der Waals surface area contributed by atoms with Gasteiger partial charge in [0.15, 0.2) is 0 Å². The molecule has 2 aromatic rings. The molecule has 0 spiro atoms. The molecule has 0 aliphatic heterocycles. The van der Waals surface area contributed by atoms with Crippen molar-refractivity contribution < 1.29 is 9.47 Å². The van der Waals surface area contributed by atoms with E-state index in [4.69, 9.17) is 15.2 Å². The average Bonchev–Trinajstić information content (AvgIpc) is 2.95. The third-order valence-corrected chi connectivity index (χ3v) is 4.31. The van der Waals surface area contributed by atoms with Gasteiger partial charge in [-0.3, -0.25) is 0 Å². The SMILES string of the molecule is COc1ccc(OCc2csc(C(C)C)n2)c(CCN)c1. The summed E-state index contributed by atoms with van der Waals surface area (Å²) < 4.78 is 11.1. The molecule has 5 heteroatoms. The largest absolute Gasteiger partial charge is 0.497 e. The fourth-order valence-electron chi connectivity index (χ4n) is 1.98. The van der Waals surface area contributed by atoms with E-state index in [2.05, 4.69) is 24.2 Å². The van der Waals surface area contributed by atoms with Gasteiger partial charge >= 0.3 is 0 Å². The van der Waals surface area contributed by atoms with Gasteiger partial charge in [0.2, 0.25) is 0 Å². The van der Waals surface area contributed by atoms with Crippen molar-refractivity contribution in [3.8, 4) is 11.5 Å². The number of ether oxygens (including phenoxy) is 2. The van der Waals surface area contributed by atoms with Crippen LogP contribution in [-0.4, -0.2) is 18.6 Å². The van der Waals surface area contributed by atoms with E-state index in [-0.39, 0.29) is 0 Å². The molecule has 21 heavy (non-hydrogen) atoms. The number of benzene rings is 1. The van der Waals surface area contributed by atoms with Crippen molar-refractivity contribution in [1.82, 2.24) is 4.98 Å². The molecule has 1 aromatic carbocycles. The highest BCUT2D eigenvalue weighted by Gasteiger charge is 2.09. The number of rotatable bonds is 7. The second kappa shape index (κ2) is 7.43. The van der Waals surface area contributed by atoms with Gasteiger partial charge in [-0.15, -0.1) is 11.3 Å². The van der Waals surface area contributed by atoms with Gasteiger partial charge < -0.3 is 15.2 Å². The molecule has 0 bridgehead atoms. The number of hydrogen-bond donors (Lipinski definition) is 1. The molecule has 0 aliphatic rings. The summed E-state index contributed by atoms with van der Waals surface area (Å²) in [4.78, 5) is 4.58. The minimum absolute atomic E-state index is 0.456. The Morgan fingerprint density at radius 2 is 2.14 bits per heavy atom. The first kappa shape index (κ1) is 15.8. The van der Waals surface area contributed by atoms with Crippen LogP contribution in [-0.2, 0) is 13.0 Å². The third kappa shape index (κ3) is 4.19. The van der Waals surface area contributed by atoms with E-state index >= 15 is 0 Å². The molecule has 0 fully saturated rings. The van der Waals surface area contributed by atoms with Crippen LogP contribution in [0.15, 0.2) is 23.6 Å². The van der Waals surface area contributed by atoms with Crippen LogP contribution < -0.4 is 15.2 Å². The quantitative estimate of drug-likeness (QED) is 0.852. The molecule has 114 valence electrons. The highest BCUT2D eigenvalue weighted by molar-refractivity contribution is 7.09. The Morgan fingerprint density at radius 3 is 2.76 bits per heavy atom. The van der Waals surface area contributed by atoms with Gasteiger partial charge in [-0.05, 0) is 36.7 Å². The number of hydrogen-bond acceptors (Lipinski definition) is 5. The van der Waals surface area contributed by atoms with Gasteiger partial charge in [-0.1, -0.05) is 13.8 Å². The Hall–Kier alpha value is -1.59. The van der Waals surface area contributed by atoms with Gasteiger partial charge in [0.05, 0.1) is 17.8 Å². The highest BCUT2D eigenvalue weighted by atomic mass is 32.1. The molecule has 0 unspecified atom stereocenters. The zero-order valence-corrected chi connectivity index (χ0v) is 13.6. The van der Waals surface area contributed by atoms with Crippen LogP contribution in [0.5, 0.6) is 11.5 Å². The van der Waals surface area contributed by atoms with Crippen LogP contribution >= 0.6 is 11.3 Å². The van der Waals surface area contributed by atoms with Gasteiger partial charge in [-0.25, -0.2) is 4.98 Å². The summed E-state index contributed by atoms with van der Waals surface area (Å²) >= 11 is 1.68. The molecule has 0 atom stereocenters. The standard InChI is InChI=1S/C16H22N2O2S/c1-11(2)16-18-13(10-21-16)9-20-15-5-4-14(19-3)8-12(15)6-7-17/h4-5,8,10-11H,6-7,9,17H2,1-3H3. The summed E-state index contributed by atoms with van der Waals surface area (Å²) in [6.07, 6.45) is 0.765. The maximum absolute atomic E-state index is 5.90. The van der Waals surface area contributed by atoms with E-state index in [0.717, 1.165) is 34.2 Å². The van der Waals surface area contributed by atoms with E-state index in [1.807, 2.05) is 18.2 Å². The summed E-state index contributed by atoms with van der Waals surface area (Å²) in [5.41, 5.74) is 7.69. The molecule has 0 saturated heterocycles. The molecule has 0 saturated carbocycles. The first-order valence-corrected chi connectivity index (χ1v) is 7.96. The van der Waals surface area contributed by atoms with Crippen LogP contribution in [0.2, 0.25) is 0 Å². The fourth-order valence-corrected chi connectivity index (χ4v) is 2.80. The smallest absolute Gasteiger partial charge is 0.131 e. The van der Waals surface area contributed by atoms with Crippen molar-refractivity contribution in [2.24, 2.45) is 5.73 Å². The second-order valence-corrected chi connectivity index (χ2v) is 6.02. The maximum atomic E-state index is 5.90. The molecule has 0 aliphatic carbocycles. The Balaban J connectivity index is 2.07. The number of thiazole rings is 1. The van der Waals surface area contributed by atoms with E-state index in [9.17, 15) is 0 Å². The third-order valence-electron chi connectivity index (χ3n) is 3.12. The number of nitrogens with two attached hydrogens (primary N) is 1. The maximum Gasteiger partial charge on any atom is 0.131 e. The Labute approximate surface area is 129 Å². The zero-order chi connectivity index (χ0) is 15.2. The lowest BCUT2D eigenvalue weighted by Gasteiger charge is -2.11. The highest BCUT2D eigenvalue weighted by Crippen LogP contribution is 2.26. The first-order chi connectivity index (χ1) is 10.1. The molecule has 2 rings (SSSR count). The van der Waals surface area contributed by atoms with Crippen molar-refractivity contribution in [3.05, 3.63) is 39.8 Å². The van der Waals surface area contributed by atoms with Crippen molar-refractivity contribution in [2.75, 3.05) is 13.7 Å². The van der Waals surface area contributed by atoms with Crippen molar-refractivity contribution >= 4 is 11.3 Å². The van der Waals surface area contributed by atoms with Crippen LogP contribution in [0.25, 0.3) is 0 Å². The fraction of sp³-hybridized carbons (Fsp3) is 0.438. The monoisotopic (exact) mass is 306 g/mol. The minimum atomic E-state index is 0.456. The Bertz CT molecular complexity index is 581. The number of methoxy groups -OCH3 is 1. The molecule has 1 aromatic heterocycles. The molecule has 2 N–H and O–H groups in total. The summed E-state index contributed by atoms with van der Waals surface area (Å²) in [7, 11) is 1.66. The molecule has 0 radical (unpaired) electrons. The van der Waals surface area contributed by atoms with Crippen LogP contribution in [0, 0.1) is 0 Å². The number of aromatic nitrogens is 1. The molecule has 4 nitrogen and oxygen atoms in total. The summed E-state index contributed by atoms with van der Waals surface area (Å²) in [5, 5.41) is 3.20. The average molecular weight is 306 g/mol. The van der Waals surface area contributed by atoms with Gasteiger partial charge in [0.25, 0.3) is 0 Å². The summed E-state index contributed by atoms with van der Waals surface area (Å²) in [6, 6.07) is 5.80. The van der Waals surface area contributed by atoms with E-state index in [0.29, 0.717) is 19.1 Å². The van der Waals surface area contributed by atoms with Crippen LogP contribution in [0.3, 0.4) is 0 Å². The van der Waals surface area contributed by atoms with E-state index < -0.39 is 0 Å². The lowest BCUT2D eigenvalue weighted by Crippen LogP contribution is -2.06. The Morgan fingerprint density at radius 1 is 1.33 bits per heavy atom. The predicted molar refractivity (Wildman–Crippen MR) is 86.3 cm³/mol. The van der Waals surface area contributed by atoms with Crippen molar-refractivity contribution in [2.45, 2.75) is 32.8 Å². The van der Waals surface area contributed by atoms with Gasteiger partial charge in [-0.2, -0.15) is 0 Å². The molecular weight excluding hydrogens is 284 g/mol. The topological polar surface area (TPSA) is 57.4 Å². The lowest BCUT2D eigenvalue weighted by atomic mass is 10.1. The Kier molecular flexibility index (Phi) is 5.59. The molecule has 1 heterocycles. The first-order valence-electron chi connectivity index (χ1n) is 7.08. The van der Waals surface area contributed by atoms with Crippen LogP contribution in [0.4, 0.5) is 0 Å². The van der Waals surface area contributed by atoms with Crippen molar-refractivity contribution in [1.29, 1.82) is 0 Å². The van der Waals surface area contributed by atoms with E-state index in [1.165, 1.54) is 0 Å². The van der Waals surface area contributed by atoms with E-state index in [1.54, 1.807) is 18.4 Å². The van der Waals surface area contributed by atoms with Crippen molar-refractivity contribution in [3.63, 3.8) is 0 Å². The predicted octanol–water partition coefficient (Wildman–Crippen LogP) is 3.36. The normalized spacial score (nSPS) is 10.9. The van der Waals surface area contributed by atoms with Gasteiger partial charge in [0, 0.05) is 11.3 Å².